The molecule has 0 unspecified atom stereocenters. The van der Waals surface area contributed by atoms with Gasteiger partial charge in [0.15, 0.2) is 0 Å². The molecule has 2 aromatic heterocycles. The fraction of sp³-hybridized carbons (Fsp3) is 0.0833. The van der Waals surface area contributed by atoms with Crippen LogP contribution in [0.4, 0.5) is 0 Å². The number of aryl methyl sites for hydroxylation is 1. The molecular formula is C12H9NS2. The lowest BCUT2D eigenvalue weighted by atomic mass is 10.2. The van der Waals surface area contributed by atoms with Crippen molar-refractivity contribution in [2.75, 3.05) is 0 Å². The first-order valence-corrected chi connectivity index (χ1v) is 6.49. The molecule has 2 heterocycles. The van der Waals surface area contributed by atoms with Gasteiger partial charge in [-0.2, -0.15) is 0 Å². The summed E-state index contributed by atoms with van der Waals surface area (Å²) < 4.78 is 1.33. The monoisotopic (exact) mass is 231 g/mol. The molecule has 0 fully saturated rings. The summed E-state index contributed by atoms with van der Waals surface area (Å²) in [5.74, 6) is 0. The van der Waals surface area contributed by atoms with Gasteiger partial charge in [0.25, 0.3) is 0 Å². The summed E-state index contributed by atoms with van der Waals surface area (Å²) in [6, 6.07) is 8.48. The van der Waals surface area contributed by atoms with Crippen molar-refractivity contribution in [3.05, 3.63) is 40.7 Å². The van der Waals surface area contributed by atoms with Gasteiger partial charge in [-0.1, -0.05) is 18.2 Å². The van der Waals surface area contributed by atoms with Crippen molar-refractivity contribution in [3.63, 3.8) is 0 Å². The average Bonchev–Trinajstić information content (AvgIpc) is 2.83. The third kappa shape index (κ3) is 1.48. The molecule has 0 aliphatic carbocycles. The van der Waals surface area contributed by atoms with Crippen LogP contribution in [0.15, 0.2) is 35.0 Å². The van der Waals surface area contributed by atoms with Gasteiger partial charge in [0, 0.05) is 32.1 Å². The molecule has 3 rings (SSSR count). The third-order valence-corrected chi connectivity index (χ3v) is 4.29. The molecule has 0 N–H and O–H groups in total. The zero-order valence-corrected chi connectivity index (χ0v) is 9.86. The predicted octanol–water partition coefficient (Wildman–Crippen LogP) is 4.33. The second kappa shape index (κ2) is 3.43. The molecule has 3 aromatic rings. The van der Waals surface area contributed by atoms with Gasteiger partial charge >= 0.3 is 0 Å². The van der Waals surface area contributed by atoms with Gasteiger partial charge in [0.1, 0.15) is 5.01 Å². The van der Waals surface area contributed by atoms with Crippen molar-refractivity contribution < 1.29 is 0 Å². The minimum absolute atomic E-state index is 1.10. The maximum absolute atomic E-state index is 4.53. The Balaban J connectivity index is 2.27. The summed E-state index contributed by atoms with van der Waals surface area (Å²) in [6.07, 6.45) is 0. The van der Waals surface area contributed by atoms with E-state index in [1.54, 1.807) is 22.7 Å². The van der Waals surface area contributed by atoms with Crippen LogP contribution in [0.2, 0.25) is 0 Å². The van der Waals surface area contributed by atoms with E-state index in [1.165, 1.54) is 15.6 Å². The Bertz CT molecular complexity index is 607. The molecule has 1 aromatic carbocycles. The van der Waals surface area contributed by atoms with E-state index in [0.29, 0.717) is 0 Å². The largest absolute Gasteiger partial charge is 0.241 e. The zero-order chi connectivity index (χ0) is 10.3. The Kier molecular flexibility index (Phi) is 2.08. The van der Waals surface area contributed by atoms with Crippen LogP contribution in [-0.4, -0.2) is 4.98 Å². The van der Waals surface area contributed by atoms with E-state index in [0.717, 1.165) is 10.7 Å². The van der Waals surface area contributed by atoms with E-state index >= 15 is 0 Å². The molecule has 3 heteroatoms. The fourth-order valence-electron chi connectivity index (χ4n) is 1.62. The topological polar surface area (TPSA) is 12.9 Å². The number of rotatable bonds is 1. The molecule has 74 valence electrons. The van der Waals surface area contributed by atoms with E-state index in [4.69, 9.17) is 0 Å². The standard InChI is InChI=1S/C12H9NS2/c1-8-6-15-12(13-8)10-7-14-11-5-3-2-4-9(10)11/h2-7H,1H3. The summed E-state index contributed by atoms with van der Waals surface area (Å²) in [7, 11) is 0. The number of aromatic nitrogens is 1. The lowest BCUT2D eigenvalue weighted by Crippen LogP contribution is -1.74. The number of benzene rings is 1. The first kappa shape index (κ1) is 9.07. The van der Waals surface area contributed by atoms with Crippen molar-refractivity contribution in [2.24, 2.45) is 0 Å². The van der Waals surface area contributed by atoms with Crippen LogP contribution in [0.1, 0.15) is 5.69 Å². The first-order valence-electron chi connectivity index (χ1n) is 4.73. The van der Waals surface area contributed by atoms with Gasteiger partial charge in [-0.3, -0.25) is 0 Å². The summed E-state index contributed by atoms with van der Waals surface area (Å²) in [6.45, 7) is 2.04. The van der Waals surface area contributed by atoms with Crippen molar-refractivity contribution >= 4 is 32.8 Å². The normalized spacial score (nSPS) is 11.0. The molecular weight excluding hydrogens is 222 g/mol. The summed E-state index contributed by atoms with van der Waals surface area (Å²) in [5, 5.41) is 6.74. The lowest BCUT2D eigenvalue weighted by molar-refractivity contribution is 1.27. The Morgan fingerprint density at radius 2 is 1.93 bits per heavy atom. The van der Waals surface area contributed by atoms with E-state index in [-0.39, 0.29) is 0 Å². The number of hydrogen-bond acceptors (Lipinski definition) is 3. The number of fused-ring (bicyclic) bond motifs is 1. The SMILES string of the molecule is Cc1csc(-c2csc3ccccc23)n1. The van der Waals surface area contributed by atoms with Crippen LogP contribution in [0.3, 0.4) is 0 Å². The summed E-state index contributed by atoms with van der Waals surface area (Å²) in [5.41, 5.74) is 2.37. The quantitative estimate of drug-likeness (QED) is 0.607. The molecule has 0 aliphatic rings. The molecule has 0 aliphatic heterocycles. The van der Waals surface area contributed by atoms with Crippen LogP contribution < -0.4 is 0 Å². The van der Waals surface area contributed by atoms with Gasteiger partial charge in [-0.25, -0.2) is 4.98 Å². The number of hydrogen-bond donors (Lipinski definition) is 0. The maximum Gasteiger partial charge on any atom is 0.125 e. The Labute approximate surface area is 96.0 Å². The van der Waals surface area contributed by atoms with Crippen LogP contribution in [0.25, 0.3) is 20.7 Å². The molecule has 0 spiro atoms. The molecule has 1 nitrogen and oxygen atoms in total. The van der Waals surface area contributed by atoms with E-state index < -0.39 is 0 Å². The number of nitrogens with zero attached hydrogens (tertiary/aromatic N) is 1. The highest BCUT2D eigenvalue weighted by atomic mass is 32.1. The summed E-state index contributed by atoms with van der Waals surface area (Å²) >= 11 is 3.50. The maximum atomic E-state index is 4.53. The van der Waals surface area contributed by atoms with Crippen molar-refractivity contribution in [3.8, 4) is 10.6 Å². The third-order valence-electron chi connectivity index (χ3n) is 2.33. The number of thiazole rings is 1. The van der Waals surface area contributed by atoms with Crippen molar-refractivity contribution in [1.29, 1.82) is 0 Å². The highest BCUT2D eigenvalue weighted by molar-refractivity contribution is 7.18. The van der Waals surface area contributed by atoms with Gasteiger partial charge in [0.05, 0.1) is 0 Å². The second-order valence-corrected chi connectivity index (χ2v) is 5.21. The van der Waals surface area contributed by atoms with Gasteiger partial charge in [0.2, 0.25) is 0 Å². The molecule has 15 heavy (non-hydrogen) atoms. The minimum Gasteiger partial charge on any atom is -0.241 e. The minimum atomic E-state index is 1.10. The van der Waals surface area contributed by atoms with E-state index in [1.807, 2.05) is 6.92 Å². The fourth-order valence-corrected chi connectivity index (χ4v) is 3.47. The molecule has 0 saturated heterocycles. The Morgan fingerprint density at radius 1 is 1.07 bits per heavy atom. The predicted molar refractivity (Wildman–Crippen MR) is 67.7 cm³/mol. The van der Waals surface area contributed by atoms with Crippen molar-refractivity contribution in [1.82, 2.24) is 4.98 Å². The molecule has 0 atom stereocenters. The van der Waals surface area contributed by atoms with Gasteiger partial charge in [-0.15, -0.1) is 22.7 Å². The van der Waals surface area contributed by atoms with E-state index in [2.05, 4.69) is 40.0 Å². The highest BCUT2D eigenvalue weighted by Gasteiger charge is 2.08. The zero-order valence-electron chi connectivity index (χ0n) is 8.23. The van der Waals surface area contributed by atoms with Crippen LogP contribution in [0, 0.1) is 6.92 Å². The van der Waals surface area contributed by atoms with Crippen LogP contribution >= 0.6 is 22.7 Å². The van der Waals surface area contributed by atoms with Crippen molar-refractivity contribution in [2.45, 2.75) is 6.92 Å². The molecule has 0 bridgehead atoms. The molecule has 0 amide bonds. The lowest BCUT2D eigenvalue weighted by Gasteiger charge is -1.92. The molecule has 0 saturated carbocycles. The molecule has 0 radical (unpaired) electrons. The number of thiophene rings is 1. The van der Waals surface area contributed by atoms with Crippen LogP contribution in [0.5, 0.6) is 0 Å². The van der Waals surface area contributed by atoms with Crippen LogP contribution in [-0.2, 0) is 0 Å². The van der Waals surface area contributed by atoms with E-state index in [9.17, 15) is 0 Å². The highest BCUT2D eigenvalue weighted by Crippen LogP contribution is 2.35. The van der Waals surface area contributed by atoms with Gasteiger partial charge in [-0.05, 0) is 13.0 Å². The average molecular weight is 231 g/mol. The second-order valence-electron chi connectivity index (χ2n) is 3.44. The van der Waals surface area contributed by atoms with Gasteiger partial charge < -0.3 is 0 Å². The Morgan fingerprint density at radius 3 is 2.73 bits per heavy atom. The smallest absolute Gasteiger partial charge is 0.125 e. The summed E-state index contributed by atoms with van der Waals surface area (Å²) in [4.78, 5) is 4.53. The first-order chi connectivity index (χ1) is 7.34. The Hall–Kier alpha value is -1.19.